The molecule has 0 saturated carbocycles. The minimum absolute atomic E-state index is 0.00421. The molecule has 0 aliphatic rings. The van der Waals surface area contributed by atoms with Crippen molar-refractivity contribution in [2.24, 2.45) is 0 Å². The summed E-state index contributed by atoms with van der Waals surface area (Å²) in [6.45, 7) is 3.78. The van der Waals surface area contributed by atoms with Crippen molar-refractivity contribution in [2.45, 2.75) is 13.8 Å². The van der Waals surface area contributed by atoms with Gasteiger partial charge in [-0.15, -0.1) is 10.2 Å². The molecule has 3 aromatic rings. The van der Waals surface area contributed by atoms with Crippen LogP contribution in [0.25, 0.3) is 0 Å². The van der Waals surface area contributed by atoms with Crippen LogP contribution in [-0.4, -0.2) is 15.3 Å². The normalized spacial score (nSPS) is 10.5. The van der Waals surface area contributed by atoms with E-state index in [2.05, 4.69) is 10.2 Å². The number of aromatic nitrogens is 2. The second kappa shape index (κ2) is 6.76. The van der Waals surface area contributed by atoms with Crippen LogP contribution in [0.15, 0.2) is 48.5 Å². The summed E-state index contributed by atoms with van der Waals surface area (Å²) in [6, 6.07) is 14.8. The van der Waals surface area contributed by atoms with Crippen molar-refractivity contribution < 1.29 is 14.6 Å². The molecule has 0 saturated heterocycles. The fourth-order valence-corrected chi connectivity index (χ4v) is 2.26. The first-order valence-electron chi connectivity index (χ1n) is 7.28. The van der Waals surface area contributed by atoms with Crippen molar-refractivity contribution in [1.82, 2.24) is 10.2 Å². The molecule has 0 atom stereocenters. The largest absolute Gasteiger partial charge is 0.500 e. The number of nitrogens with zero attached hydrogens (tertiary/aromatic N) is 2. The van der Waals surface area contributed by atoms with E-state index in [-0.39, 0.29) is 22.5 Å². The van der Waals surface area contributed by atoms with E-state index in [0.717, 1.165) is 11.1 Å². The molecule has 0 radical (unpaired) electrons. The molecule has 1 N–H and O–H groups in total. The molecular weight excluding hydrogens is 328 g/mol. The highest BCUT2D eigenvalue weighted by Crippen LogP contribution is 2.43. The van der Waals surface area contributed by atoms with E-state index >= 15 is 0 Å². The lowest BCUT2D eigenvalue weighted by atomic mass is 10.2. The smallest absolute Gasteiger partial charge is 0.285 e. The molecule has 3 rings (SSSR count). The summed E-state index contributed by atoms with van der Waals surface area (Å²) < 4.78 is 11.4. The van der Waals surface area contributed by atoms with Crippen LogP contribution in [0.1, 0.15) is 11.1 Å². The molecule has 0 unspecified atom stereocenters. The first-order chi connectivity index (χ1) is 11.6. The van der Waals surface area contributed by atoms with Gasteiger partial charge in [0.05, 0.1) is 0 Å². The van der Waals surface area contributed by atoms with E-state index in [1.165, 1.54) is 0 Å². The van der Waals surface area contributed by atoms with Crippen LogP contribution in [0.5, 0.6) is 28.9 Å². The van der Waals surface area contributed by atoms with Gasteiger partial charge >= 0.3 is 0 Å². The first kappa shape index (κ1) is 16.1. The van der Waals surface area contributed by atoms with Gasteiger partial charge in [-0.1, -0.05) is 48.0 Å². The summed E-state index contributed by atoms with van der Waals surface area (Å²) >= 11 is 6.02. The fourth-order valence-electron chi connectivity index (χ4n) is 2.09. The van der Waals surface area contributed by atoms with Gasteiger partial charge in [-0.05, 0) is 37.1 Å². The molecule has 0 bridgehead atoms. The summed E-state index contributed by atoms with van der Waals surface area (Å²) in [6.07, 6.45) is 0. The van der Waals surface area contributed by atoms with E-state index in [9.17, 15) is 5.11 Å². The molecule has 0 amide bonds. The van der Waals surface area contributed by atoms with Crippen LogP contribution in [0.4, 0.5) is 0 Å². The Kier molecular flexibility index (Phi) is 4.53. The predicted octanol–water partition coefficient (Wildman–Crippen LogP) is 5.04. The Bertz CT molecular complexity index is 884. The molecule has 24 heavy (non-hydrogen) atoms. The summed E-state index contributed by atoms with van der Waals surface area (Å²) in [4.78, 5) is 0. The third-order valence-electron chi connectivity index (χ3n) is 3.44. The number of halogens is 1. The molecule has 2 aromatic carbocycles. The SMILES string of the molecule is Cc1ccccc1Oc1nnc(Cl)c(Oc2ccccc2C)c1O. The Morgan fingerprint density at radius 2 is 1.38 bits per heavy atom. The third kappa shape index (κ3) is 3.26. The minimum atomic E-state index is -0.304. The maximum Gasteiger partial charge on any atom is 0.285 e. The van der Waals surface area contributed by atoms with Gasteiger partial charge in [0, 0.05) is 0 Å². The lowest BCUT2D eigenvalue weighted by Gasteiger charge is -2.13. The maximum atomic E-state index is 10.4. The second-order valence-electron chi connectivity index (χ2n) is 5.21. The van der Waals surface area contributed by atoms with Crippen molar-refractivity contribution in [3.05, 3.63) is 64.8 Å². The number of aryl methyl sites for hydroxylation is 2. The lowest BCUT2D eigenvalue weighted by Crippen LogP contribution is -1.97. The van der Waals surface area contributed by atoms with Crippen LogP contribution in [0, 0.1) is 13.8 Å². The highest BCUT2D eigenvalue weighted by Gasteiger charge is 2.20. The highest BCUT2D eigenvalue weighted by atomic mass is 35.5. The Morgan fingerprint density at radius 1 is 0.833 bits per heavy atom. The van der Waals surface area contributed by atoms with Crippen LogP contribution < -0.4 is 9.47 Å². The minimum Gasteiger partial charge on any atom is -0.500 e. The molecule has 1 aromatic heterocycles. The van der Waals surface area contributed by atoms with Crippen LogP contribution in [-0.2, 0) is 0 Å². The van der Waals surface area contributed by atoms with E-state index < -0.39 is 0 Å². The number of ether oxygens (including phenoxy) is 2. The van der Waals surface area contributed by atoms with Gasteiger partial charge in [-0.2, -0.15) is 0 Å². The summed E-state index contributed by atoms with van der Waals surface area (Å²) in [5.41, 5.74) is 1.79. The molecule has 0 aliphatic heterocycles. The number of hydrogen-bond acceptors (Lipinski definition) is 5. The topological polar surface area (TPSA) is 64.5 Å². The van der Waals surface area contributed by atoms with Gasteiger partial charge in [0.15, 0.2) is 5.15 Å². The van der Waals surface area contributed by atoms with Gasteiger partial charge in [0.2, 0.25) is 11.5 Å². The Balaban J connectivity index is 1.96. The maximum absolute atomic E-state index is 10.4. The molecule has 1 heterocycles. The van der Waals surface area contributed by atoms with Gasteiger partial charge in [-0.25, -0.2) is 0 Å². The number of aromatic hydroxyl groups is 1. The van der Waals surface area contributed by atoms with Crippen molar-refractivity contribution in [2.75, 3.05) is 0 Å². The van der Waals surface area contributed by atoms with Crippen molar-refractivity contribution in [1.29, 1.82) is 0 Å². The van der Waals surface area contributed by atoms with Crippen LogP contribution >= 0.6 is 11.6 Å². The first-order valence-corrected chi connectivity index (χ1v) is 7.66. The Labute approximate surface area is 144 Å². The van der Waals surface area contributed by atoms with E-state index in [0.29, 0.717) is 11.5 Å². The zero-order chi connectivity index (χ0) is 17.1. The summed E-state index contributed by atoms with van der Waals surface area (Å²) in [5.74, 6) is 0.749. The standard InChI is InChI=1S/C18H15ClN2O3/c1-11-7-3-5-9-13(11)23-16-15(22)18(21-20-17(16)19)24-14-10-6-4-8-12(14)2/h3-10H,1-2H3,(H,20,22). The molecule has 122 valence electrons. The fraction of sp³-hybridized carbons (Fsp3) is 0.111. The average molecular weight is 343 g/mol. The molecule has 0 spiro atoms. The van der Waals surface area contributed by atoms with E-state index in [1.54, 1.807) is 12.1 Å². The zero-order valence-electron chi connectivity index (χ0n) is 13.2. The molecule has 0 fully saturated rings. The summed E-state index contributed by atoms with van der Waals surface area (Å²) in [7, 11) is 0. The van der Waals surface area contributed by atoms with Gasteiger partial charge in [0.25, 0.3) is 5.88 Å². The van der Waals surface area contributed by atoms with Gasteiger partial charge < -0.3 is 14.6 Å². The lowest BCUT2D eigenvalue weighted by molar-refractivity contribution is 0.361. The quantitative estimate of drug-likeness (QED) is 0.719. The molecule has 5 nitrogen and oxygen atoms in total. The predicted molar refractivity (Wildman–Crippen MR) is 91.2 cm³/mol. The van der Waals surface area contributed by atoms with E-state index in [4.69, 9.17) is 21.1 Å². The molecule has 0 aliphatic carbocycles. The van der Waals surface area contributed by atoms with Crippen molar-refractivity contribution in [3.63, 3.8) is 0 Å². The number of hydrogen-bond donors (Lipinski definition) is 1. The Morgan fingerprint density at radius 3 is 1.96 bits per heavy atom. The van der Waals surface area contributed by atoms with E-state index in [1.807, 2.05) is 50.2 Å². The van der Waals surface area contributed by atoms with Crippen molar-refractivity contribution in [3.8, 4) is 28.9 Å². The van der Waals surface area contributed by atoms with Crippen LogP contribution in [0.2, 0.25) is 5.15 Å². The van der Waals surface area contributed by atoms with Crippen LogP contribution in [0.3, 0.4) is 0 Å². The molecule has 6 heteroatoms. The van der Waals surface area contributed by atoms with Gasteiger partial charge in [0.1, 0.15) is 11.5 Å². The van der Waals surface area contributed by atoms with Crippen molar-refractivity contribution >= 4 is 11.6 Å². The number of para-hydroxylation sites is 2. The molecular formula is C18H15ClN2O3. The monoisotopic (exact) mass is 342 g/mol. The van der Waals surface area contributed by atoms with Gasteiger partial charge in [-0.3, -0.25) is 0 Å². The second-order valence-corrected chi connectivity index (χ2v) is 5.57. The highest BCUT2D eigenvalue weighted by molar-refractivity contribution is 6.31. The third-order valence-corrected chi connectivity index (χ3v) is 3.69. The Hall–Kier alpha value is -2.79. The number of benzene rings is 2. The average Bonchev–Trinajstić information content (AvgIpc) is 2.57. The summed E-state index contributed by atoms with van der Waals surface area (Å²) in [5, 5.41) is 18.0. The number of rotatable bonds is 4. The zero-order valence-corrected chi connectivity index (χ0v) is 13.9.